The number of amides is 1. The van der Waals surface area contributed by atoms with Gasteiger partial charge in [-0.1, -0.05) is 81.4 Å². The molecular formula is C32H47NO6Si. The Morgan fingerprint density at radius 1 is 0.950 bits per heavy atom. The third kappa shape index (κ3) is 8.66. The third-order valence-corrected chi connectivity index (χ3v) is 12.3. The SMILES string of the molecule is CC(C)(C)OC(=O)N1C[C@H](O)C[C@@H]1[C@@H](O[Si](C)(C)C(C)(C)C)[C@H](Cc1ccccc1)C(=O)OCc1ccccc1. The molecule has 220 valence electrons. The van der Waals surface area contributed by atoms with Crippen LogP contribution in [0.2, 0.25) is 18.1 Å². The van der Waals surface area contributed by atoms with Crippen LogP contribution in [0.25, 0.3) is 0 Å². The van der Waals surface area contributed by atoms with Gasteiger partial charge in [0, 0.05) is 0 Å². The van der Waals surface area contributed by atoms with Crippen molar-refractivity contribution in [3.05, 3.63) is 71.8 Å². The Hall–Kier alpha value is -2.68. The molecule has 0 spiro atoms. The van der Waals surface area contributed by atoms with Gasteiger partial charge < -0.3 is 19.0 Å². The van der Waals surface area contributed by atoms with E-state index in [1.54, 1.807) is 4.90 Å². The van der Waals surface area contributed by atoms with Crippen molar-refractivity contribution in [1.82, 2.24) is 4.90 Å². The molecule has 1 heterocycles. The first-order valence-electron chi connectivity index (χ1n) is 14.2. The monoisotopic (exact) mass is 569 g/mol. The van der Waals surface area contributed by atoms with E-state index in [0.717, 1.165) is 11.1 Å². The lowest BCUT2D eigenvalue weighted by molar-refractivity contribution is -0.155. The summed E-state index contributed by atoms with van der Waals surface area (Å²) in [5.74, 6) is -1.09. The summed E-state index contributed by atoms with van der Waals surface area (Å²) >= 11 is 0. The van der Waals surface area contributed by atoms with E-state index in [2.05, 4.69) is 33.9 Å². The average molecular weight is 570 g/mol. The molecule has 1 aliphatic rings. The van der Waals surface area contributed by atoms with Crippen molar-refractivity contribution < 1.29 is 28.6 Å². The molecule has 0 aliphatic carbocycles. The summed E-state index contributed by atoms with van der Waals surface area (Å²) in [5.41, 5.74) is 1.15. The summed E-state index contributed by atoms with van der Waals surface area (Å²) in [6.45, 7) is 16.4. The summed E-state index contributed by atoms with van der Waals surface area (Å²) in [4.78, 5) is 28.9. The Morgan fingerprint density at radius 3 is 2.02 bits per heavy atom. The number of carbonyl (C=O) groups excluding carboxylic acids is 2. The van der Waals surface area contributed by atoms with Crippen LogP contribution in [0.4, 0.5) is 4.79 Å². The second-order valence-electron chi connectivity index (χ2n) is 13.3. The highest BCUT2D eigenvalue weighted by Crippen LogP contribution is 2.41. The highest BCUT2D eigenvalue weighted by Gasteiger charge is 2.50. The van der Waals surface area contributed by atoms with Crippen molar-refractivity contribution in [2.24, 2.45) is 5.92 Å². The van der Waals surface area contributed by atoms with Gasteiger partial charge >= 0.3 is 12.1 Å². The van der Waals surface area contributed by atoms with Crippen LogP contribution in [0, 0.1) is 5.92 Å². The van der Waals surface area contributed by atoms with E-state index in [1.807, 2.05) is 81.4 Å². The first kappa shape index (κ1) is 31.8. The Balaban J connectivity index is 2.04. The van der Waals surface area contributed by atoms with Crippen molar-refractivity contribution in [3.63, 3.8) is 0 Å². The fraction of sp³-hybridized carbons (Fsp3) is 0.562. The lowest BCUT2D eigenvalue weighted by Gasteiger charge is -2.44. The van der Waals surface area contributed by atoms with E-state index in [4.69, 9.17) is 13.9 Å². The largest absolute Gasteiger partial charge is 0.461 e. The van der Waals surface area contributed by atoms with Gasteiger partial charge in [0.2, 0.25) is 0 Å². The van der Waals surface area contributed by atoms with Crippen molar-refractivity contribution in [2.45, 2.75) is 103 Å². The predicted octanol–water partition coefficient (Wildman–Crippen LogP) is 6.35. The molecule has 0 aromatic heterocycles. The number of aliphatic hydroxyl groups is 1. The Kier molecular flexibility index (Phi) is 10.2. The van der Waals surface area contributed by atoms with Crippen LogP contribution in [0.5, 0.6) is 0 Å². The summed E-state index contributed by atoms with van der Waals surface area (Å²) in [6.07, 6.45) is -1.30. The molecule has 0 saturated carbocycles. The molecule has 2 aromatic rings. The first-order chi connectivity index (χ1) is 18.6. The van der Waals surface area contributed by atoms with Crippen LogP contribution < -0.4 is 0 Å². The molecule has 7 nitrogen and oxygen atoms in total. The second kappa shape index (κ2) is 12.9. The zero-order valence-corrected chi connectivity index (χ0v) is 26.3. The molecule has 0 bridgehead atoms. The normalized spacial score (nSPS) is 19.7. The highest BCUT2D eigenvalue weighted by molar-refractivity contribution is 6.74. The van der Waals surface area contributed by atoms with Crippen LogP contribution in [0.15, 0.2) is 60.7 Å². The number of ether oxygens (including phenoxy) is 2. The molecule has 0 radical (unpaired) electrons. The first-order valence-corrected chi connectivity index (χ1v) is 17.1. The third-order valence-electron chi connectivity index (χ3n) is 7.79. The summed E-state index contributed by atoms with van der Waals surface area (Å²) in [7, 11) is -2.45. The molecule has 3 rings (SSSR count). The lowest BCUT2D eigenvalue weighted by atomic mass is 9.88. The number of esters is 1. The molecule has 8 heteroatoms. The highest BCUT2D eigenvalue weighted by atomic mass is 28.4. The molecule has 1 N–H and O–H groups in total. The number of benzene rings is 2. The van der Waals surface area contributed by atoms with Gasteiger partial charge in [-0.15, -0.1) is 0 Å². The molecule has 1 saturated heterocycles. The standard InChI is InChI=1S/C32H47NO6Si/c1-31(2,3)38-30(36)33-21-25(34)20-27(33)28(39-40(7,8)32(4,5)6)26(19-23-15-11-9-12-16-23)29(35)37-22-24-17-13-10-14-18-24/h9-18,25-28,34H,19-22H2,1-8H3/t25-,26+,27-,28+/m1/s1. The fourth-order valence-corrected chi connectivity index (χ4v) is 6.02. The summed E-state index contributed by atoms with van der Waals surface area (Å²) in [6, 6.07) is 18.8. The van der Waals surface area contributed by atoms with Crippen LogP contribution in [-0.2, 0) is 31.7 Å². The van der Waals surface area contributed by atoms with Crippen molar-refractivity contribution >= 4 is 20.4 Å². The molecule has 1 amide bonds. The van der Waals surface area contributed by atoms with Gasteiger partial charge in [-0.2, -0.15) is 0 Å². The Labute approximate surface area is 241 Å². The maximum Gasteiger partial charge on any atom is 0.410 e. The smallest absolute Gasteiger partial charge is 0.410 e. The number of hydrogen-bond acceptors (Lipinski definition) is 6. The molecule has 40 heavy (non-hydrogen) atoms. The molecular weight excluding hydrogens is 522 g/mol. The molecule has 0 unspecified atom stereocenters. The van der Waals surface area contributed by atoms with E-state index in [0.29, 0.717) is 6.42 Å². The van der Waals surface area contributed by atoms with E-state index in [1.165, 1.54) is 0 Å². The number of carbonyl (C=O) groups is 2. The minimum absolute atomic E-state index is 0.119. The van der Waals surface area contributed by atoms with Gasteiger partial charge in [0.15, 0.2) is 8.32 Å². The van der Waals surface area contributed by atoms with Crippen molar-refractivity contribution in [1.29, 1.82) is 0 Å². The molecule has 1 aliphatic heterocycles. The van der Waals surface area contributed by atoms with E-state index < -0.39 is 44.2 Å². The molecule has 4 atom stereocenters. The van der Waals surface area contributed by atoms with Gasteiger partial charge in [-0.05, 0) is 62.9 Å². The van der Waals surface area contributed by atoms with Crippen molar-refractivity contribution in [2.75, 3.05) is 6.54 Å². The fourth-order valence-electron chi connectivity index (χ4n) is 4.67. The topological polar surface area (TPSA) is 85.3 Å². The Morgan fingerprint density at radius 2 is 1.50 bits per heavy atom. The average Bonchev–Trinajstić information content (AvgIpc) is 3.26. The number of aliphatic hydroxyl groups excluding tert-OH is 1. The molecule has 2 aromatic carbocycles. The van der Waals surface area contributed by atoms with E-state index in [-0.39, 0.29) is 30.6 Å². The number of hydrogen-bond donors (Lipinski definition) is 1. The van der Waals surface area contributed by atoms with E-state index >= 15 is 0 Å². The summed E-state index contributed by atoms with van der Waals surface area (Å²) < 4.78 is 18.7. The van der Waals surface area contributed by atoms with Crippen LogP contribution in [0.1, 0.15) is 59.1 Å². The number of rotatable bonds is 9. The minimum Gasteiger partial charge on any atom is -0.461 e. The second-order valence-corrected chi connectivity index (χ2v) is 18.1. The van der Waals surface area contributed by atoms with Crippen molar-refractivity contribution in [3.8, 4) is 0 Å². The van der Waals surface area contributed by atoms with Crippen LogP contribution in [-0.4, -0.2) is 60.8 Å². The van der Waals surface area contributed by atoms with Gasteiger partial charge in [-0.25, -0.2) is 4.79 Å². The molecule has 1 fully saturated rings. The number of likely N-dealkylation sites (tertiary alicyclic amines) is 1. The number of nitrogens with zero attached hydrogens (tertiary/aromatic N) is 1. The van der Waals surface area contributed by atoms with Crippen LogP contribution >= 0.6 is 0 Å². The maximum atomic E-state index is 14.0. The minimum atomic E-state index is -2.45. The van der Waals surface area contributed by atoms with Gasteiger partial charge in [0.05, 0.1) is 30.7 Å². The predicted molar refractivity (Wildman–Crippen MR) is 159 cm³/mol. The van der Waals surface area contributed by atoms with E-state index in [9.17, 15) is 14.7 Å². The maximum absolute atomic E-state index is 14.0. The Bertz CT molecular complexity index is 1110. The van der Waals surface area contributed by atoms with Crippen LogP contribution in [0.3, 0.4) is 0 Å². The van der Waals surface area contributed by atoms with Gasteiger partial charge in [0.25, 0.3) is 0 Å². The summed E-state index contributed by atoms with van der Waals surface area (Å²) in [5, 5.41) is 10.6. The van der Waals surface area contributed by atoms with Gasteiger partial charge in [0.1, 0.15) is 12.2 Å². The quantitative estimate of drug-likeness (QED) is 0.280. The lowest BCUT2D eigenvalue weighted by Crippen LogP contribution is -2.56. The number of β-amino-alcohol motifs (C(OH)–C–C–N with tert-alkyl or cyclic N) is 1. The van der Waals surface area contributed by atoms with Gasteiger partial charge in [-0.3, -0.25) is 9.69 Å². The zero-order chi connectivity index (χ0) is 29.7. The zero-order valence-electron chi connectivity index (χ0n) is 25.3.